The number of ether oxygens (including phenoxy) is 2. The molecule has 3 aromatic rings. The third-order valence-corrected chi connectivity index (χ3v) is 5.32. The largest absolute Gasteiger partial charge is 0.489 e. The highest BCUT2D eigenvalue weighted by atomic mass is 19.3. The summed E-state index contributed by atoms with van der Waals surface area (Å²) >= 11 is 0. The van der Waals surface area contributed by atoms with Crippen LogP contribution in [0.25, 0.3) is 11.5 Å². The monoisotopic (exact) mass is 502 g/mol. The van der Waals surface area contributed by atoms with Gasteiger partial charge in [-0.15, -0.1) is 0 Å². The quantitative estimate of drug-likeness (QED) is 0.356. The van der Waals surface area contributed by atoms with Gasteiger partial charge in [0.15, 0.2) is 23.0 Å². The Hall–Kier alpha value is -4.06. The van der Waals surface area contributed by atoms with E-state index in [2.05, 4.69) is 20.0 Å². The second-order valence-corrected chi connectivity index (χ2v) is 8.32. The number of benzene rings is 1. The Labute approximate surface area is 204 Å². The molecule has 36 heavy (non-hydrogen) atoms. The second kappa shape index (κ2) is 10.7. The van der Waals surface area contributed by atoms with Crippen molar-refractivity contribution in [2.24, 2.45) is 11.7 Å². The second-order valence-electron chi connectivity index (χ2n) is 8.32. The van der Waals surface area contributed by atoms with Crippen molar-refractivity contribution in [3.8, 4) is 23.0 Å². The molecule has 0 spiro atoms. The van der Waals surface area contributed by atoms with Crippen LogP contribution in [-0.2, 0) is 6.54 Å². The molecule has 1 amide bonds. The van der Waals surface area contributed by atoms with Gasteiger partial charge in [0.2, 0.25) is 5.89 Å². The van der Waals surface area contributed by atoms with Gasteiger partial charge in [-0.1, -0.05) is 6.07 Å². The van der Waals surface area contributed by atoms with Crippen molar-refractivity contribution in [2.75, 3.05) is 6.61 Å². The van der Waals surface area contributed by atoms with E-state index in [1.54, 1.807) is 13.0 Å². The number of carboxylic acids is 1. The van der Waals surface area contributed by atoms with E-state index in [0.29, 0.717) is 23.8 Å². The van der Waals surface area contributed by atoms with Crippen molar-refractivity contribution in [1.29, 1.82) is 0 Å². The molecular formula is C24H24F2N4O6. The summed E-state index contributed by atoms with van der Waals surface area (Å²) in [6.07, 6.45) is 2.02. The van der Waals surface area contributed by atoms with Crippen LogP contribution in [-0.4, -0.2) is 40.2 Å². The molecule has 2 heterocycles. The van der Waals surface area contributed by atoms with Gasteiger partial charge in [0, 0.05) is 5.56 Å². The summed E-state index contributed by atoms with van der Waals surface area (Å²) in [5, 5.41) is 11.7. The van der Waals surface area contributed by atoms with Gasteiger partial charge in [0.1, 0.15) is 5.69 Å². The van der Waals surface area contributed by atoms with Crippen LogP contribution in [0.4, 0.5) is 8.78 Å². The lowest BCUT2D eigenvalue weighted by molar-refractivity contribution is -0.0515. The zero-order valence-corrected chi connectivity index (χ0v) is 19.2. The van der Waals surface area contributed by atoms with Gasteiger partial charge >= 0.3 is 12.6 Å². The van der Waals surface area contributed by atoms with Gasteiger partial charge in [-0.2, -0.15) is 8.78 Å². The van der Waals surface area contributed by atoms with Crippen molar-refractivity contribution in [1.82, 2.24) is 15.3 Å². The molecule has 1 fully saturated rings. The highest BCUT2D eigenvalue weighted by molar-refractivity contribution is 5.94. The number of amides is 1. The van der Waals surface area contributed by atoms with E-state index in [1.165, 1.54) is 30.3 Å². The van der Waals surface area contributed by atoms with Crippen LogP contribution in [0, 0.1) is 5.92 Å². The molecule has 4 rings (SSSR count). The lowest BCUT2D eigenvalue weighted by Crippen LogP contribution is -2.26. The molecule has 0 saturated heterocycles. The van der Waals surface area contributed by atoms with Crippen LogP contribution < -0.4 is 20.5 Å². The van der Waals surface area contributed by atoms with Crippen molar-refractivity contribution in [2.45, 2.75) is 39.0 Å². The summed E-state index contributed by atoms with van der Waals surface area (Å²) in [4.78, 5) is 32.2. The summed E-state index contributed by atoms with van der Waals surface area (Å²) in [7, 11) is 0. The van der Waals surface area contributed by atoms with E-state index < -0.39 is 24.5 Å². The third kappa shape index (κ3) is 6.13. The number of nitrogens with zero attached hydrogens (tertiary/aromatic N) is 2. The fourth-order valence-corrected chi connectivity index (χ4v) is 3.32. The van der Waals surface area contributed by atoms with E-state index in [4.69, 9.17) is 20.0 Å². The number of hydrogen-bond donors (Lipinski definition) is 3. The molecule has 12 heteroatoms. The number of carbonyl (C=O) groups excluding carboxylic acids is 1. The molecule has 0 bridgehead atoms. The Kier molecular flexibility index (Phi) is 7.44. The van der Waals surface area contributed by atoms with Gasteiger partial charge in [-0.05, 0) is 56.0 Å². The van der Waals surface area contributed by atoms with E-state index in [0.717, 1.165) is 12.8 Å². The summed E-state index contributed by atoms with van der Waals surface area (Å²) in [6.45, 7) is -1.10. The average molecular weight is 502 g/mol. The molecule has 0 radical (unpaired) electrons. The summed E-state index contributed by atoms with van der Waals surface area (Å²) in [5.74, 6) is -1.28. The number of oxazole rings is 1. The predicted molar refractivity (Wildman–Crippen MR) is 122 cm³/mol. The Morgan fingerprint density at radius 3 is 2.67 bits per heavy atom. The number of nitrogens with two attached hydrogens (primary N) is 1. The van der Waals surface area contributed by atoms with Crippen molar-refractivity contribution < 1.29 is 37.4 Å². The number of pyridine rings is 1. The normalized spacial score (nSPS) is 13.9. The minimum absolute atomic E-state index is 0.0401. The highest BCUT2D eigenvalue weighted by Gasteiger charge is 2.26. The third-order valence-electron chi connectivity index (χ3n) is 5.32. The molecule has 1 atom stereocenters. The minimum Gasteiger partial charge on any atom is -0.489 e. The average Bonchev–Trinajstić information content (AvgIpc) is 3.56. The zero-order chi connectivity index (χ0) is 25.8. The molecule has 1 aliphatic carbocycles. The lowest BCUT2D eigenvalue weighted by Gasteiger charge is -2.12. The van der Waals surface area contributed by atoms with Gasteiger partial charge in [0.25, 0.3) is 5.91 Å². The predicted octanol–water partition coefficient (Wildman–Crippen LogP) is 3.77. The molecule has 1 aliphatic rings. The molecule has 2 aromatic heterocycles. The Balaban J connectivity index is 1.57. The van der Waals surface area contributed by atoms with Crippen LogP contribution in [0.5, 0.6) is 11.5 Å². The molecule has 1 unspecified atom stereocenters. The maximum Gasteiger partial charge on any atom is 0.387 e. The van der Waals surface area contributed by atoms with Crippen molar-refractivity contribution in [3.63, 3.8) is 0 Å². The van der Waals surface area contributed by atoms with E-state index >= 15 is 0 Å². The number of halogens is 2. The zero-order valence-electron chi connectivity index (χ0n) is 19.2. The number of aromatic nitrogens is 2. The van der Waals surface area contributed by atoms with Crippen LogP contribution in [0.1, 0.15) is 58.2 Å². The summed E-state index contributed by atoms with van der Waals surface area (Å²) in [5.41, 5.74) is 6.47. The van der Waals surface area contributed by atoms with Crippen molar-refractivity contribution in [3.05, 3.63) is 59.2 Å². The molecule has 1 saturated carbocycles. The van der Waals surface area contributed by atoms with Crippen LogP contribution in [0.15, 0.2) is 40.8 Å². The van der Waals surface area contributed by atoms with Crippen LogP contribution in [0.3, 0.4) is 0 Å². The molecule has 4 N–H and O–H groups in total. The number of nitrogens with one attached hydrogen (secondary N) is 1. The number of aromatic carboxylic acids is 1. The molecule has 190 valence electrons. The molecule has 0 aliphatic heterocycles. The topological polar surface area (TPSA) is 150 Å². The number of carboxylic acid groups (broad SMARTS) is 1. The number of hydrogen-bond acceptors (Lipinski definition) is 8. The molecule has 10 nitrogen and oxygen atoms in total. The fourth-order valence-electron chi connectivity index (χ4n) is 3.32. The minimum atomic E-state index is -3.02. The van der Waals surface area contributed by atoms with E-state index in [1.807, 2.05) is 0 Å². The molecular weight excluding hydrogens is 478 g/mol. The Morgan fingerprint density at radius 2 is 2.00 bits per heavy atom. The van der Waals surface area contributed by atoms with Crippen LogP contribution >= 0.6 is 0 Å². The highest BCUT2D eigenvalue weighted by Crippen LogP contribution is 2.37. The number of rotatable bonds is 11. The lowest BCUT2D eigenvalue weighted by atomic mass is 10.2. The van der Waals surface area contributed by atoms with Gasteiger partial charge in [0.05, 0.1) is 24.9 Å². The summed E-state index contributed by atoms with van der Waals surface area (Å²) in [6, 6.07) is 7.98. The van der Waals surface area contributed by atoms with Gasteiger partial charge < -0.3 is 30.0 Å². The van der Waals surface area contributed by atoms with Crippen LogP contribution in [0.2, 0.25) is 0 Å². The SMILES string of the molecule is CC(N)c1oc(-c2ccc(OC(F)F)c(OCC3CC3)c2)nc1C(=O)NCc1cccc(C(=O)O)n1. The van der Waals surface area contributed by atoms with Gasteiger partial charge in [-0.25, -0.2) is 14.8 Å². The van der Waals surface area contributed by atoms with E-state index in [9.17, 15) is 18.4 Å². The smallest absolute Gasteiger partial charge is 0.387 e. The number of alkyl halides is 2. The van der Waals surface area contributed by atoms with Crippen molar-refractivity contribution >= 4 is 11.9 Å². The maximum atomic E-state index is 12.9. The Morgan fingerprint density at radius 1 is 1.22 bits per heavy atom. The first-order chi connectivity index (χ1) is 17.2. The Bertz CT molecular complexity index is 1260. The first-order valence-electron chi connectivity index (χ1n) is 11.2. The first-order valence-corrected chi connectivity index (χ1v) is 11.2. The van der Waals surface area contributed by atoms with E-state index in [-0.39, 0.29) is 41.1 Å². The first kappa shape index (κ1) is 25.0. The molecule has 1 aromatic carbocycles. The summed E-state index contributed by atoms with van der Waals surface area (Å²) < 4.78 is 41.7. The number of carbonyl (C=O) groups is 2. The maximum absolute atomic E-state index is 12.9. The fraction of sp³-hybridized carbons (Fsp3) is 0.333. The van der Waals surface area contributed by atoms with Gasteiger partial charge in [-0.3, -0.25) is 4.79 Å². The standard InChI is InChI=1S/C24H24F2N4O6/c1-12(27)20-19(21(31)28-10-15-3-2-4-16(29-15)23(32)33)30-22(36-20)14-7-8-17(35-24(25)26)18(9-14)34-11-13-5-6-13/h2-4,7-9,12-13,24H,5-6,10-11,27H2,1H3,(H,28,31)(H,32,33).